The summed E-state index contributed by atoms with van der Waals surface area (Å²) >= 11 is 6.81. The molecule has 0 spiro atoms. The number of nitrogens with one attached hydrogen (secondary N) is 2. The Kier molecular flexibility index (Phi) is 4.84. The molecule has 2 amide bonds. The Labute approximate surface area is 169 Å². The second-order valence-electron chi connectivity index (χ2n) is 8.90. The van der Waals surface area contributed by atoms with Crippen LogP contribution in [0.5, 0.6) is 0 Å². The number of rotatable bonds is 5. The van der Waals surface area contributed by atoms with E-state index >= 15 is 0 Å². The van der Waals surface area contributed by atoms with E-state index in [2.05, 4.69) is 10.6 Å². The molecule has 2 N–H and O–H groups in total. The summed E-state index contributed by atoms with van der Waals surface area (Å²) in [6.45, 7) is 3.48. The van der Waals surface area contributed by atoms with Gasteiger partial charge in [-0.15, -0.1) is 11.6 Å². The zero-order chi connectivity index (χ0) is 20.1. The lowest BCUT2D eigenvalue weighted by Gasteiger charge is -2.58. The number of halogens is 1. The Morgan fingerprint density at radius 2 is 1.86 bits per heavy atom. The van der Waals surface area contributed by atoms with E-state index in [-0.39, 0.29) is 35.3 Å². The van der Waals surface area contributed by atoms with Gasteiger partial charge >= 0.3 is 18.0 Å². The van der Waals surface area contributed by atoms with Crippen molar-refractivity contribution in [2.45, 2.75) is 63.3 Å². The first-order valence-electron chi connectivity index (χ1n) is 10.1. The molecular formula is C20H27ClN2O5. The molecule has 154 valence electrons. The highest BCUT2D eigenvalue weighted by Crippen LogP contribution is 2.64. The number of alkyl halides is 1. The van der Waals surface area contributed by atoms with Crippen LogP contribution < -0.4 is 10.6 Å². The molecule has 4 fully saturated rings. The van der Waals surface area contributed by atoms with Crippen molar-refractivity contribution >= 4 is 29.6 Å². The topological polar surface area (TPSA) is 93.7 Å². The second kappa shape index (κ2) is 6.94. The summed E-state index contributed by atoms with van der Waals surface area (Å²) in [5, 5.41) is 5.23. The number of hydrogen-bond donors (Lipinski definition) is 2. The molecule has 0 radical (unpaired) electrons. The normalized spacial score (nSPS) is 38.7. The molecule has 28 heavy (non-hydrogen) atoms. The summed E-state index contributed by atoms with van der Waals surface area (Å²) in [5.74, 6) is 0.185. The van der Waals surface area contributed by atoms with Crippen LogP contribution in [-0.4, -0.2) is 42.1 Å². The molecule has 0 aromatic heterocycles. The average Bonchev–Trinajstić information content (AvgIpc) is 2.57. The molecule has 5 atom stereocenters. The Hall–Kier alpha value is -1.76. The van der Waals surface area contributed by atoms with Gasteiger partial charge in [0, 0.05) is 4.87 Å². The smallest absolute Gasteiger partial charge is 0.338 e. The molecule has 0 aromatic carbocycles. The van der Waals surface area contributed by atoms with Crippen LogP contribution >= 0.6 is 11.6 Å². The summed E-state index contributed by atoms with van der Waals surface area (Å²) < 4.78 is 10.8. The van der Waals surface area contributed by atoms with Crippen molar-refractivity contribution in [2.24, 2.45) is 17.3 Å². The number of esters is 2. The fraction of sp³-hybridized carbons (Fsp3) is 0.750. The van der Waals surface area contributed by atoms with Crippen LogP contribution in [0.4, 0.5) is 4.79 Å². The van der Waals surface area contributed by atoms with Gasteiger partial charge in [-0.3, -0.25) is 4.79 Å². The molecule has 4 aliphatic carbocycles. The summed E-state index contributed by atoms with van der Waals surface area (Å²) in [6, 6.07) is -0.951. The minimum Gasteiger partial charge on any atom is -0.463 e. The van der Waals surface area contributed by atoms with E-state index in [1.807, 2.05) is 0 Å². The van der Waals surface area contributed by atoms with Crippen molar-refractivity contribution in [1.82, 2.24) is 10.6 Å². The molecule has 2 unspecified atom stereocenters. The highest BCUT2D eigenvalue weighted by molar-refractivity contribution is 6.24. The maximum absolute atomic E-state index is 13.1. The summed E-state index contributed by atoms with van der Waals surface area (Å²) in [7, 11) is 0. The van der Waals surface area contributed by atoms with Gasteiger partial charge in [-0.25, -0.2) is 9.59 Å². The molecule has 5 aliphatic rings. The van der Waals surface area contributed by atoms with Gasteiger partial charge < -0.3 is 20.1 Å². The third-order valence-corrected chi connectivity index (χ3v) is 7.08. The van der Waals surface area contributed by atoms with Crippen LogP contribution in [0.3, 0.4) is 0 Å². The zero-order valence-corrected chi connectivity index (χ0v) is 17.1. The molecule has 7 nitrogen and oxygen atoms in total. The van der Waals surface area contributed by atoms with Crippen molar-refractivity contribution in [1.29, 1.82) is 0 Å². The second-order valence-corrected chi connectivity index (χ2v) is 9.70. The molecular weight excluding hydrogens is 384 g/mol. The van der Waals surface area contributed by atoms with Gasteiger partial charge in [-0.2, -0.15) is 0 Å². The van der Waals surface area contributed by atoms with Crippen molar-refractivity contribution in [3.63, 3.8) is 0 Å². The van der Waals surface area contributed by atoms with E-state index in [9.17, 15) is 14.4 Å². The molecule has 1 heterocycles. The Morgan fingerprint density at radius 3 is 2.46 bits per heavy atom. The van der Waals surface area contributed by atoms with E-state index in [4.69, 9.17) is 21.1 Å². The highest BCUT2D eigenvalue weighted by atomic mass is 35.5. The van der Waals surface area contributed by atoms with Crippen molar-refractivity contribution in [2.75, 3.05) is 13.2 Å². The fourth-order valence-electron chi connectivity index (χ4n) is 6.07. The third-order valence-electron chi connectivity index (χ3n) is 6.64. The highest BCUT2D eigenvalue weighted by Gasteiger charge is 2.60. The SMILES string of the molecule is CCOC(=O)C1=C(COC(=O)C23C[C@@H]4C[C@@H](CC(Cl)(C4)C2)C3)NC(=O)N[C@@H]1C. The predicted octanol–water partition coefficient (Wildman–Crippen LogP) is 2.63. The summed E-state index contributed by atoms with van der Waals surface area (Å²) in [4.78, 5) is 37.0. The number of carbonyl (C=O) groups is 3. The number of urea groups is 1. The molecule has 0 saturated heterocycles. The van der Waals surface area contributed by atoms with Gasteiger partial charge in [0.15, 0.2) is 0 Å². The largest absolute Gasteiger partial charge is 0.463 e. The Balaban J connectivity index is 1.51. The molecule has 8 heteroatoms. The van der Waals surface area contributed by atoms with Gasteiger partial charge in [-0.1, -0.05) is 0 Å². The van der Waals surface area contributed by atoms with Crippen LogP contribution in [0.1, 0.15) is 52.4 Å². The van der Waals surface area contributed by atoms with Gasteiger partial charge in [0.1, 0.15) is 6.61 Å². The van der Waals surface area contributed by atoms with E-state index in [0.29, 0.717) is 18.3 Å². The Bertz CT molecular complexity index is 735. The maximum Gasteiger partial charge on any atom is 0.338 e. The fourth-order valence-corrected chi connectivity index (χ4v) is 6.77. The van der Waals surface area contributed by atoms with Crippen LogP contribution in [-0.2, 0) is 19.1 Å². The van der Waals surface area contributed by atoms with Crippen molar-refractivity contribution in [3.05, 3.63) is 11.3 Å². The van der Waals surface area contributed by atoms with E-state index in [1.165, 1.54) is 0 Å². The van der Waals surface area contributed by atoms with Gasteiger partial charge in [0.05, 0.1) is 29.3 Å². The van der Waals surface area contributed by atoms with E-state index in [0.717, 1.165) is 32.1 Å². The van der Waals surface area contributed by atoms with E-state index < -0.39 is 23.5 Å². The van der Waals surface area contributed by atoms with Crippen molar-refractivity contribution < 1.29 is 23.9 Å². The van der Waals surface area contributed by atoms with E-state index in [1.54, 1.807) is 13.8 Å². The molecule has 1 aliphatic heterocycles. The van der Waals surface area contributed by atoms with Gasteiger partial charge in [-0.05, 0) is 64.2 Å². The molecule has 0 aromatic rings. The first-order chi connectivity index (χ1) is 13.2. The first kappa shape index (κ1) is 19.6. The van der Waals surface area contributed by atoms with Crippen molar-refractivity contribution in [3.8, 4) is 0 Å². The summed E-state index contributed by atoms with van der Waals surface area (Å²) in [6.07, 6.45) is 5.42. The lowest BCUT2D eigenvalue weighted by molar-refractivity contribution is -0.169. The predicted molar refractivity (Wildman–Crippen MR) is 101 cm³/mol. The molecule has 4 saturated carbocycles. The number of hydrogen-bond acceptors (Lipinski definition) is 5. The van der Waals surface area contributed by atoms with Crippen LogP contribution in [0.2, 0.25) is 0 Å². The number of ether oxygens (including phenoxy) is 2. The molecule has 4 bridgehead atoms. The standard InChI is InChI=1S/C20H27ClN2O5/c1-3-27-16(24)15-11(2)22-18(26)23-14(15)9-28-17(25)19-5-12-4-13(6-19)8-20(21,7-12)10-19/h11-13H,3-10H2,1-2H3,(H2,22,23,26)/t11-,12-,13+,19?,20?/m1/s1. The van der Waals surface area contributed by atoms with Gasteiger partial charge in [0.2, 0.25) is 0 Å². The number of amides is 2. The Morgan fingerprint density at radius 1 is 1.18 bits per heavy atom. The van der Waals surface area contributed by atoms with Crippen LogP contribution in [0.25, 0.3) is 0 Å². The zero-order valence-electron chi connectivity index (χ0n) is 16.3. The monoisotopic (exact) mass is 410 g/mol. The van der Waals surface area contributed by atoms with Crippen LogP contribution in [0.15, 0.2) is 11.3 Å². The minimum atomic E-state index is -0.529. The van der Waals surface area contributed by atoms with Gasteiger partial charge in [0.25, 0.3) is 0 Å². The van der Waals surface area contributed by atoms with Crippen LogP contribution in [0, 0.1) is 17.3 Å². The first-order valence-corrected chi connectivity index (χ1v) is 10.5. The number of carbonyl (C=O) groups excluding carboxylic acids is 3. The summed E-state index contributed by atoms with van der Waals surface area (Å²) in [5.41, 5.74) is 0.0425. The average molecular weight is 411 g/mol. The quantitative estimate of drug-likeness (QED) is 0.536. The minimum absolute atomic E-state index is 0.156. The molecule has 5 rings (SSSR count). The third kappa shape index (κ3) is 3.38. The maximum atomic E-state index is 13.1. The lowest BCUT2D eigenvalue weighted by Crippen LogP contribution is -2.56. The lowest BCUT2D eigenvalue weighted by atomic mass is 9.49.